The van der Waals surface area contributed by atoms with Crippen LogP contribution in [0.1, 0.15) is 57.0 Å². The van der Waals surface area contributed by atoms with Crippen LogP contribution in [0.3, 0.4) is 0 Å². The van der Waals surface area contributed by atoms with Gasteiger partial charge in [-0.3, -0.25) is 4.90 Å². The number of benzene rings is 1. The molecule has 0 radical (unpaired) electrons. The summed E-state index contributed by atoms with van der Waals surface area (Å²) in [5, 5.41) is 14.7. The highest BCUT2D eigenvalue weighted by Gasteiger charge is 2.27. The first-order valence-electron chi connectivity index (χ1n) is 8.72. The zero-order chi connectivity index (χ0) is 17.2. The zero-order valence-electron chi connectivity index (χ0n) is 14.8. The van der Waals surface area contributed by atoms with Crippen LogP contribution in [0, 0.1) is 5.92 Å². The largest absolute Gasteiger partial charge is 0.388 e. The second-order valence-electron chi connectivity index (χ2n) is 7.73. The first kappa shape index (κ1) is 17.1. The minimum atomic E-state index is -0.369. The van der Waals surface area contributed by atoms with Crippen LogP contribution < -0.4 is 0 Å². The van der Waals surface area contributed by atoms with Crippen LogP contribution in [-0.2, 0) is 12.0 Å². The van der Waals surface area contributed by atoms with Crippen molar-refractivity contribution in [3.63, 3.8) is 0 Å². The highest BCUT2D eigenvalue weighted by molar-refractivity contribution is 5.18. The molecule has 1 aliphatic heterocycles. The minimum absolute atomic E-state index is 0.113. The maximum Gasteiger partial charge on any atom is 0.232 e. The number of piperidine rings is 1. The lowest BCUT2D eigenvalue weighted by atomic mass is 9.87. The monoisotopic (exact) mass is 329 g/mol. The lowest BCUT2D eigenvalue weighted by Gasteiger charge is -2.33. The summed E-state index contributed by atoms with van der Waals surface area (Å²) in [6.45, 7) is 8.83. The number of hydrogen-bond donors (Lipinski definition) is 1. The van der Waals surface area contributed by atoms with Crippen LogP contribution in [0.4, 0.5) is 0 Å². The van der Waals surface area contributed by atoms with Crippen molar-refractivity contribution in [2.45, 2.75) is 51.7 Å². The average molecular weight is 329 g/mol. The van der Waals surface area contributed by atoms with Crippen LogP contribution >= 0.6 is 0 Å². The number of aliphatic hydroxyl groups is 1. The molecule has 2 aromatic rings. The van der Waals surface area contributed by atoms with Crippen LogP contribution in [0.25, 0.3) is 0 Å². The van der Waals surface area contributed by atoms with E-state index in [2.05, 4.69) is 35.8 Å². The average Bonchev–Trinajstić information content (AvgIpc) is 3.05. The molecule has 1 atom stereocenters. The van der Waals surface area contributed by atoms with Crippen molar-refractivity contribution in [2.75, 3.05) is 13.1 Å². The Morgan fingerprint density at radius 1 is 1.21 bits per heavy atom. The lowest BCUT2D eigenvalue weighted by Crippen LogP contribution is -2.35. The molecule has 5 heteroatoms. The van der Waals surface area contributed by atoms with Gasteiger partial charge in [0, 0.05) is 5.41 Å². The first-order valence-corrected chi connectivity index (χ1v) is 8.72. The Morgan fingerprint density at radius 2 is 1.88 bits per heavy atom. The maximum absolute atomic E-state index is 10.6. The van der Waals surface area contributed by atoms with Gasteiger partial charge in [0.05, 0.1) is 12.6 Å². The van der Waals surface area contributed by atoms with Gasteiger partial charge in [-0.1, -0.05) is 56.3 Å². The molecule has 1 saturated heterocycles. The van der Waals surface area contributed by atoms with Crippen LogP contribution in [0.2, 0.25) is 0 Å². The summed E-state index contributed by atoms with van der Waals surface area (Å²) in [5.41, 5.74) is 0.904. The van der Waals surface area contributed by atoms with E-state index in [0.717, 1.165) is 37.3 Å². The second kappa shape index (κ2) is 7.03. The number of nitrogens with zero attached hydrogens (tertiary/aromatic N) is 3. The van der Waals surface area contributed by atoms with Gasteiger partial charge in [-0.25, -0.2) is 0 Å². The van der Waals surface area contributed by atoms with Gasteiger partial charge in [-0.15, -0.1) is 0 Å². The summed E-state index contributed by atoms with van der Waals surface area (Å²) >= 11 is 0. The van der Waals surface area contributed by atoms with Crippen LogP contribution in [0.15, 0.2) is 34.9 Å². The third-order valence-corrected chi connectivity index (χ3v) is 4.69. The number of aliphatic hydroxyl groups excluding tert-OH is 1. The van der Waals surface area contributed by atoms with Crippen molar-refractivity contribution >= 4 is 0 Å². The quantitative estimate of drug-likeness (QED) is 0.932. The summed E-state index contributed by atoms with van der Waals surface area (Å²) in [4.78, 5) is 6.85. The standard InChI is InChI=1S/C19H27N3O2/c1-19(2,3)18-20-16(21-24-18)13-22-11-9-15(10-12-22)17(23)14-7-5-4-6-8-14/h4-8,15,17,23H,9-13H2,1-3H3/t17-/m1/s1. The summed E-state index contributed by atoms with van der Waals surface area (Å²) in [6.07, 6.45) is 1.60. The topological polar surface area (TPSA) is 62.4 Å². The first-order chi connectivity index (χ1) is 11.4. The van der Waals surface area contributed by atoms with E-state index in [1.807, 2.05) is 30.3 Å². The van der Waals surface area contributed by atoms with Gasteiger partial charge >= 0.3 is 0 Å². The van der Waals surface area contributed by atoms with Crippen molar-refractivity contribution in [1.82, 2.24) is 15.0 Å². The molecule has 5 nitrogen and oxygen atoms in total. The predicted octanol–water partition coefficient (Wildman–Crippen LogP) is 3.31. The Kier molecular flexibility index (Phi) is 5.01. The van der Waals surface area contributed by atoms with E-state index >= 15 is 0 Å². The fourth-order valence-electron chi connectivity index (χ4n) is 3.17. The molecule has 1 N–H and O–H groups in total. The minimum Gasteiger partial charge on any atom is -0.388 e. The lowest BCUT2D eigenvalue weighted by molar-refractivity contribution is 0.0558. The van der Waals surface area contributed by atoms with Gasteiger partial charge in [0.15, 0.2) is 5.82 Å². The summed E-state index contributed by atoms with van der Waals surface area (Å²) in [7, 11) is 0. The zero-order valence-corrected chi connectivity index (χ0v) is 14.8. The van der Waals surface area contributed by atoms with Crippen molar-refractivity contribution in [2.24, 2.45) is 5.92 Å². The third-order valence-electron chi connectivity index (χ3n) is 4.69. The van der Waals surface area contributed by atoms with Crippen molar-refractivity contribution in [3.05, 3.63) is 47.6 Å². The number of rotatable bonds is 4. The Labute approximate surface area is 143 Å². The van der Waals surface area contributed by atoms with Gasteiger partial charge in [-0.05, 0) is 37.4 Å². The molecule has 0 spiro atoms. The Hall–Kier alpha value is -1.72. The Balaban J connectivity index is 1.53. The van der Waals surface area contributed by atoms with Gasteiger partial charge in [0.2, 0.25) is 5.89 Å². The van der Waals surface area contributed by atoms with E-state index in [4.69, 9.17) is 4.52 Å². The molecule has 1 fully saturated rings. The second-order valence-corrected chi connectivity index (χ2v) is 7.73. The number of hydrogen-bond acceptors (Lipinski definition) is 5. The smallest absolute Gasteiger partial charge is 0.232 e. The Bertz CT molecular complexity index is 640. The van der Waals surface area contributed by atoms with Gasteiger partial charge in [0.25, 0.3) is 0 Å². The van der Waals surface area contributed by atoms with E-state index in [1.165, 1.54) is 0 Å². The highest BCUT2D eigenvalue weighted by atomic mass is 16.5. The van der Waals surface area contributed by atoms with Crippen molar-refractivity contribution < 1.29 is 9.63 Å². The molecule has 0 aliphatic carbocycles. The number of likely N-dealkylation sites (tertiary alicyclic amines) is 1. The molecule has 0 bridgehead atoms. The fraction of sp³-hybridized carbons (Fsp3) is 0.579. The van der Waals surface area contributed by atoms with Gasteiger partial charge in [-0.2, -0.15) is 4.98 Å². The molecule has 3 rings (SSSR count). The predicted molar refractivity (Wildman–Crippen MR) is 92.4 cm³/mol. The van der Waals surface area contributed by atoms with E-state index in [0.29, 0.717) is 18.4 Å². The van der Waals surface area contributed by atoms with Crippen molar-refractivity contribution in [1.29, 1.82) is 0 Å². The summed E-state index contributed by atoms with van der Waals surface area (Å²) < 4.78 is 5.36. The van der Waals surface area contributed by atoms with E-state index in [1.54, 1.807) is 0 Å². The molecular weight excluding hydrogens is 302 g/mol. The highest BCUT2D eigenvalue weighted by Crippen LogP contribution is 2.31. The van der Waals surface area contributed by atoms with Crippen molar-refractivity contribution in [3.8, 4) is 0 Å². The van der Waals surface area contributed by atoms with E-state index < -0.39 is 0 Å². The van der Waals surface area contributed by atoms with Gasteiger partial charge in [0.1, 0.15) is 0 Å². The fourth-order valence-corrected chi connectivity index (χ4v) is 3.17. The molecular formula is C19H27N3O2. The molecule has 1 aromatic heterocycles. The normalized spacial score (nSPS) is 18.7. The summed E-state index contributed by atoms with van der Waals surface area (Å²) in [5.74, 6) is 1.76. The molecule has 1 aromatic carbocycles. The molecule has 2 heterocycles. The van der Waals surface area contributed by atoms with Crippen LogP contribution in [0.5, 0.6) is 0 Å². The van der Waals surface area contributed by atoms with Crippen LogP contribution in [-0.4, -0.2) is 33.2 Å². The molecule has 0 saturated carbocycles. The van der Waals surface area contributed by atoms with Gasteiger partial charge < -0.3 is 9.63 Å². The molecule has 130 valence electrons. The molecule has 1 aliphatic rings. The maximum atomic E-state index is 10.6. The SMILES string of the molecule is CC(C)(C)c1nc(CN2CCC([C@H](O)c3ccccc3)CC2)no1. The molecule has 0 unspecified atom stereocenters. The van der Waals surface area contributed by atoms with E-state index in [-0.39, 0.29) is 11.5 Å². The summed E-state index contributed by atoms with van der Waals surface area (Å²) in [6, 6.07) is 9.96. The van der Waals surface area contributed by atoms with E-state index in [9.17, 15) is 5.11 Å². The number of aromatic nitrogens is 2. The Morgan fingerprint density at radius 3 is 2.46 bits per heavy atom. The molecule has 24 heavy (non-hydrogen) atoms. The third kappa shape index (κ3) is 4.02. The molecule has 0 amide bonds.